The average Bonchev–Trinajstić information content (AvgIpc) is 2.38. The van der Waals surface area contributed by atoms with Gasteiger partial charge in [0, 0.05) is 13.6 Å². The first-order valence-corrected chi connectivity index (χ1v) is 5.84. The smallest absolute Gasteiger partial charge is 0.0652 e. The second-order valence-electron chi connectivity index (χ2n) is 3.97. The number of hydrogen-bond acceptors (Lipinski definition) is 2. The highest BCUT2D eigenvalue weighted by Gasteiger charge is 2.24. The summed E-state index contributed by atoms with van der Waals surface area (Å²) in [5, 5.41) is 0. The van der Waals surface area contributed by atoms with Gasteiger partial charge in [-0.3, -0.25) is 0 Å². The highest BCUT2D eigenvalue weighted by molar-refractivity contribution is 5.80. The van der Waals surface area contributed by atoms with Crippen LogP contribution in [-0.4, -0.2) is 13.6 Å². The lowest BCUT2D eigenvalue weighted by molar-refractivity contribution is 0.919. The SMILES string of the molecule is C=CC1=C(C=C)N(CC)c2ccccc2N1C. The second kappa shape index (κ2) is 4.50. The van der Waals surface area contributed by atoms with Crippen molar-refractivity contribution in [2.24, 2.45) is 0 Å². The van der Waals surface area contributed by atoms with Gasteiger partial charge in [-0.2, -0.15) is 0 Å². The molecule has 1 aromatic rings. The molecular weight excluding hydrogens is 208 g/mol. The Labute approximate surface area is 103 Å². The first-order valence-electron chi connectivity index (χ1n) is 5.84. The third-order valence-electron chi connectivity index (χ3n) is 3.15. The molecule has 0 bridgehead atoms. The third-order valence-corrected chi connectivity index (χ3v) is 3.15. The average molecular weight is 226 g/mol. The summed E-state index contributed by atoms with van der Waals surface area (Å²) in [7, 11) is 2.06. The summed E-state index contributed by atoms with van der Waals surface area (Å²) in [4.78, 5) is 4.42. The fourth-order valence-electron chi connectivity index (χ4n) is 2.34. The standard InChI is InChI=1S/C15H18N2/c1-5-12-13(6-2)17(7-3)15-11-9-8-10-14(15)16(12)4/h5-6,8-11H,1-2,7H2,3-4H3. The maximum atomic E-state index is 3.91. The first-order chi connectivity index (χ1) is 8.24. The van der Waals surface area contributed by atoms with Crippen LogP contribution in [0.1, 0.15) is 6.92 Å². The van der Waals surface area contributed by atoms with Gasteiger partial charge in [-0.05, 0) is 31.2 Å². The van der Waals surface area contributed by atoms with Crippen LogP contribution in [0.15, 0.2) is 61.0 Å². The van der Waals surface area contributed by atoms with Crippen LogP contribution in [0.5, 0.6) is 0 Å². The molecule has 1 aliphatic heterocycles. The molecule has 0 amide bonds. The van der Waals surface area contributed by atoms with Crippen molar-refractivity contribution < 1.29 is 0 Å². The Morgan fingerprint density at radius 1 is 1.06 bits per heavy atom. The van der Waals surface area contributed by atoms with E-state index in [2.05, 4.69) is 61.2 Å². The summed E-state index contributed by atoms with van der Waals surface area (Å²) in [6, 6.07) is 8.39. The first kappa shape index (κ1) is 11.5. The van der Waals surface area contributed by atoms with Gasteiger partial charge in [0.25, 0.3) is 0 Å². The molecule has 1 heterocycles. The van der Waals surface area contributed by atoms with Crippen LogP contribution in [0, 0.1) is 0 Å². The lowest BCUT2D eigenvalue weighted by atomic mass is 10.1. The van der Waals surface area contributed by atoms with Crippen molar-refractivity contribution in [1.82, 2.24) is 0 Å². The minimum Gasteiger partial charge on any atom is -0.341 e. The minimum atomic E-state index is 0.920. The Bertz CT molecular complexity index is 485. The van der Waals surface area contributed by atoms with Gasteiger partial charge in [0.05, 0.1) is 22.8 Å². The fourth-order valence-corrected chi connectivity index (χ4v) is 2.34. The quantitative estimate of drug-likeness (QED) is 0.777. The molecule has 0 atom stereocenters. The van der Waals surface area contributed by atoms with E-state index in [0.29, 0.717) is 0 Å². The Hall–Kier alpha value is -1.96. The molecule has 0 N–H and O–H groups in total. The molecule has 2 nitrogen and oxygen atoms in total. The summed E-state index contributed by atoms with van der Waals surface area (Å²) in [6.07, 6.45) is 3.78. The molecule has 0 unspecified atom stereocenters. The van der Waals surface area contributed by atoms with Crippen molar-refractivity contribution in [2.45, 2.75) is 6.92 Å². The second-order valence-corrected chi connectivity index (χ2v) is 3.97. The zero-order valence-corrected chi connectivity index (χ0v) is 10.5. The molecular formula is C15H18N2. The van der Waals surface area contributed by atoms with Gasteiger partial charge < -0.3 is 9.80 Å². The maximum Gasteiger partial charge on any atom is 0.0652 e. The molecule has 0 spiro atoms. The number of anilines is 2. The number of benzene rings is 1. The van der Waals surface area contributed by atoms with Gasteiger partial charge in [-0.15, -0.1) is 0 Å². The largest absolute Gasteiger partial charge is 0.341 e. The minimum absolute atomic E-state index is 0.920. The van der Waals surface area contributed by atoms with Crippen LogP contribution in [0.25, 0.3) is 0 Å². The van der Waals surface area contributed by atoms with Crippen molar-refractivity contribution in [1.29, 1.82) is 0 Å². The molecule has 1 aliphatic rings. The molecule has 88 valence electrons. The van der Waals surface area contributed by atoms with Crippen LogP contribution >= 0.6 is 0 Å². The molecule has 0 aliphatic carbocycles. The van der Waals surface area contributed by atoms with Crippen LogP contribution in [0.4, 0.5) is 11.4 Å². The van der Waals surface area contributed by atoms with Gasteiger partial charge in [0.1, 0.15) is 0 Å². The molecule has 0 saturated heterocycles. The monoisotopic (exact) mass is 226 g/mol. The van der Waals surface area contributed by atoms with Crippen LogP contribution in [0.2, 0.25) is 0 Å². The molecule has 2 rings (SSSR count). The lowest BCUT2D eigenvalue weighted by Gasteiger charge is -2.38. The van der Waals surface area contributed by atoms with E-state index in [1.54, 1.807) is 0 Å². The van der Waals surface area contributed by atoms with Crippen molar-refractivity contribution in [3.63, 3.8) is 0 Å². The Morgan fingerprint density at radius 3 is 2.18 bits per heavy atom. The summed E-state index contributed by atoms with van der Waals surface area (Å²) in [5.74, 6) is 0. The van der Waals surface area contributed by atoms with Gasteiger partial charge in [-0.25, -0.2) is 0 Å². The predicted octanol–water partition coefficient (Wildman–Crippen LogP) is 3.55. The van der Waals surface area contributed by atoms with Crippen LogP contribution in [0.3, 0.4) is 0 Å². The van der Waals surface area contributed by atoms with E-state index in [1.807, 2.05) is 12.2 Å². The zero-order chi connectivity index (χ0) is 12.4. The van der Waals surface area contributed by atoms with Crippen molar-refractivity contribution in [3.05, 3.63) is 61.0 Å². The van der Waals surface area contributed by atoms with E-state index in [0.717, 1.165) is 17.9 Å². The van der Waals surface area contributed by atoms with Gasteiger partial charge in [-0.1, -0.05) is 25.3 Å². The van der Waals surface area contributed by atoms with Gasteiger partial charge in [0.2, 0.25) is 0 Å². The number of likely N-dealkylation sites (N-methyl/N-ethyl adjacent to an activating group) is 2. The van der Waals surface area contributed by atoms with Crippen LogP contribution < -0.4 is 9.80 Å². The molecule has 0 aromatic heterocycles. The van der Waals surface area contributed by atoms with Crippen molar-refractivity contribution >= 4 is 11.4 Å². The van der Waals surface area contributed by atoms with E-state index in [-0.39, 0.29) is 0 Å². The molecule has 0 saturated carbocycles. The number of nitrogens with zero attached hydrogens (tertiary/aromatic N) is 2. The number of para-hydroxylation sites is 2. The van der Waals surface area contributed by atoms with Crippen molar-refractivity contribution in [3.8, 4) is 0 Å². The van der Waals surface area contributed by atoms with E-state index in [9.17, 15) is 0 Å². The van der Waals surface area contributed by atoms with Crippen LogP contribution in [-0.2, 0) is 0 Å². The highest BCUT2D eigenvalue weighted by Crippen LogP contribution is 2.38. The molecule has 2 heteroatoms. The number of allylic oxidation sites excluding steroid dienone is 2. The summed E-state index contributed by atoms with van der Waals surface area (Å²) < 4.78 is 0. The van der Waals surface area contributed by atoms with Gasteiger partial charge >= 0.3 is 0 Å². The van der Waals surface area contributed by atoms with E-state index < -0.39 is 0 Å². The fraction of sp³-hybridized carbons (Fsp3) is 0.200. The van der Waals surface area contributed by atoms with E-state index in [1.165, 1.54) is 11.4 Å². The third kappa shape index (κ3) is 1.66. The Morgan fingerprint density at radius 2 is 1.65 bits per heavy atom. The summed E-state index contributed by atoms with van der Waals surface area (Å²) >= 11 is 0. The number of fused-ring (bicyclic) bond motifs is 1. The Balaban J connectivity index is 2.67. The molecule has 17 heavy (non-hydrogen) atoms. The molecule has 1 aromatic carbocycles. The lowest BCUT2D eigenvalue weighted by Crippen LogP contribution is -2.33. The number of rotatable bonds is 3. The zero-order valence-electron chi connectivity index (χ0n) is 10.5. The maximum absolute atomic E-state index is 3.91. The van der Waals surface area contributed by atoms with Crippen molar-refractivity contribution in [2.75, 3.05) is 23.4 Å². The number of hydrogen-bond donors (Lipinski definition) is 0. The normalized spacial score (nSPS) is 14.7. The summed E-state index contributed by atoms with van der Waals surface area (Å²) in [6.45, 7) is 10.9. The molecule has 0 radical (unpaired) electrons. The molecule has 0 fully saturated rings. The topological polar surface area (TPSA) is 6.48 Å². The predicted molar refractivity (Wildman–Crippen MR) is 75.3 cm³/mol. The Kier molecular flexibility index (Phi) is 3.05. The van der Waals surface area contributed by atoms with E-state index in [4.69, 9.17) is 0 Å². The van der Waals surface area contributed by atoms with E-state index >= 15 is 0 Å². The highest BCUT2D eigenvalue weighted by atomic mass is 15.2. The summed E-state index contributed by atoms with van der Waals surface area (Å²) in [5.41, 5.74) is 4.64. The van der Waals surface area contributed by atoms with Gasteiger partial charge in [0.15, 0.2) is 0 Å².